The summed E-state index contributed by atoms with van der Waals surface area (Å²) in [7, 11) is 0. The number of carboxylic acids is 1. The number of carbonyl (C=O) groups excluding carboxylic acids is 1. The number of carboxylic acid groups (broad SMARTS) is 1. The summed E-state index contributed by atoms with van der Waals surface area (Å²) in [5.41, 5.74) is 0.626. The van der Waals surface area contributed by atoms with Gasteiger partial charge in [0.2, 0.25) is 5.91 Å². The highest BCUT2D eigenvalue weighted by Crippen LogP contribution is 2.19. The van der Waals surface area contributed by atoms with Crippen LogP contribution in [0.25, 0.3) is 0 Å². The van der Waals surface area contributed by atoms with Crippen LogP contribution in [0.2, 0.25) is 0 Å². The van der Waals surface area contributed by atoms with Crippen LogP contribution in [0, 0.1) is 3.57 Å². The summed E-state index contributed by atoms with van der Waals surface area (Å²) in [5.74, 6) is -1.31. The third-order valence-electron chi connectivity index (χ3n) is 2.07. The summed E-state index contributed by atoms with van der Waals surface area (Å²) in [4.78, 5) is 22.4. The van der Waals surface area contributed by atoms with Crippen LogP contribution in [0.5, 0.6) is 0 Å². The van der Waals surface area contributed by atoms with E-state index in [2.05, 4.69) is 5.32 Å². The van der Waals surface area contributed by atoms with Gasteiger partial charge in [-0.25, -0.2) is 4.79 Å². The molecule has 0 heterocycles. The minimum atomic E-state index is -1.02. The van der Waals surface area contributed by atoms with E-state index >= 15 is 0 Å². The van der Waals surface area contributed by atoms with Crippen molar-refractivity contribution in [1.82, 2.24) is 0 Å². The zero-order chi connectivity index (χ0) is 13.5. The third kappa shape index (κ3) is 4.61. The fourth-order valence-electron chi connectivity index (χ4n) is 1.25. The SMILES string of the molecule is CCCOCC(=O)Nc1cc(C(=O)O)ccc1I. The van der Waals surface area contributed by atoms with E-state index in [1.165, 1.54) is 12.1 Å². The Hall–Kier alpha value is -1.15. The molecule has 1 rings (SSSR count). The molecule has 0 aliphatic heterocycles. The molecule has 18 heavy (non-hydrogen) atoms. The molecular weight excluding hydrogens is 349 g/mol. The van der Waals surface area contributed by atoms with Crippen molar-refractivity contribution in [3.8, 4) is 0 Å². The van der Waals surface area contributed by atoms with Gasteiger partial charge >= 0.3 is 5.97 Å². The van der Waals surface area contributed by atoms with E-state index in [0.29, 0.717) is 12.3 Å². The van der Waals surface area contributed by atoms with Gasteiger partial charge in [0.1, 0.15) is 6.61 Å². The fraction of sp³-hybridized carbons (Fsp3) is 0.333. The van der Waals surface area contributed by atoms with Crippen molar-refractivity contribution in [2.45, 2.75) is 13.3 Å². The predicted octanol–water partition coefficient (Wildman–Crippen LogP) is 2.35. The first-order valence-corrected chi connectivity index (χ1v) is 6.53. The van der Waals surface area contributed by atoms with E-state index < -0.39 is 5.97 Å². The molecule has 0 saturated carbocycles. The highest BCUT2D eigenvalue weighted by atomic mass is 127. The number of halogens is 1. The molecule has 98 valence electrons. The quantitative estimate of drug-likeness (QED) is 0.601. The predicted molar refractivity (Wildman–Crippen MR) is 75.9 cm³/mol. The van der Waals surface area contributed by atoms with Gasteiger partial charge in [0.25, 0.3) is 0 Å². The summed E-state index contributed by atoms with van der Waals surface area (Å²) < 4.78 is 5.88. The Labute approximate surface area is 119 Å². The van der Waals surface area contributed by atoms with Gasteiger partial charge in [0.05, 0.1) is 11.3 Å². The maximum atomic E-state index is 11.5. The average molecular weight is 363 g/mol. The molecular formula is C12H14INO4. The van der Waals surface area contributed by atoms with Crippen molar-refractivity contribution in [2.75, 3.05) is 18.5 Å². The molecule has 5 nitrogen and oxygen atoms in total. The van der Waals surface area contributed by atoms with E-state index in [1.54, 1.807) is 6.07 Å². The van der Waals surface area contributed by atoms with Crippen LogP contribution in [0.4, 0.5) is 5.69 Å². The van der Waals surface area contributed by atoms with Gasteiger partial charge < -0.3 is 15.2 Å². The monoisotopic (exact) mass is 363 g/mol. The molecule has 0 bridgehead atoms. The second-order valence-corrected chi connectivity index (χ2v) is 4.76. The van der Waals surface area contributed by atoms with Crippen molar-refractivity contribution < 1.29 is 19.4 Å². The molecule has 1 aromatic carbocycles. The average Bonchev–Trinajstić information content (AvgIpc) is 2.32. The summed E-state index contributed by atoms with van der Waals surface area (Å²) in [5, 5.41) is 11.5. The van der Waals surface area contributed by atoms with Gasteiger partial charge in [0, 0.05) is 10.2 Å². The van der Waals surface area contributed by atoms with Crippen molar-refractivity contribution in [3.05, 3.63) is 27.3 Å². The molecule has 0 spiro atoms. The Morgan fingerprint density at radius 1 is 1.44 bits per heavy atom. The van der Waals surface area contributed by atoms with Crippen LogP contribution in [0.15, 0.2) is 18.2 Å². The summed E-state index contributed by atoms with van der Waals surface area (Å²) in [6, 6.07) is 4.57. The van der Waals surface area contributed by atoms with Crippen LogP contribution >= 0.6 is 22.6 Å². The molecule has 1 amide bonds. The number of rotatable bonds is 6. The summed E-state index contributed by atoms with van der Waals surface area (Å²) in [6.07, 6.45) is 0.847. The Kier molecular flexibility index (Phi) is 6.06. The van der Waals surface area contributed by atoms with Crippen molar-refractivity contribution >= 4 is 40.2 Å². The van der Waals surface area contributed by atoms with Gasteiger partial charge in [-0.2, -0.15) is 0 Å². The van der Waals surface area contributed by atoms with Crippen LogP contribution in [-0.4, -0.2) is 30.2 Å². The first kappa shape index (κ1) is 14.9. The van der Waals surface area contributed by atoms with Crippen molar-refractivity contribution in [3.63, 3.8) is 0 Å². The Morgan fingerprint density at radius 3 is 2.78 bits per heavy atom. The zero-order valence-corrected chi connectivity index (χ0v) is 12.1. The highest BCUT2D eigenvalue weighted by molar-refractivity contribution is 14.1. The minimum Gasteiger partial charge on any atom is -0.478 e. The lowest BCUT2D eigenvalue weighted by molar-refractivity contribution is -0.120. The topological polar surface area (TPSA) is 75.6 Å². The summed E-state index contributed by atoms with van der Waals surface area (Å²) in [6.45, 7) is 2.46. The van der Waals surface area contributed by atoms with Gasteiger partial charge in [-0.15, -0.1) is 0 Å². The van der Waals surface area contributed by atoms with E-state index in [-0.39, 0.29) is 18.1 Å². The molecule has 2 N–H and O–H groups in total. The zero-order valence-electron chi connectivity index (χ0n) is 9.90. The van der Waals surface area contributed by atoms with Crippen LogP contribution in [0.1, 0.15) is 23.7 Å². The van der Waals surface area contributed by atoms with Gasteiger partial charge in [-0.3, -0.25) is 4.79 Å². The standard InChI is InChI=1S/C12H14INO4/c1-2-5-18-7-11(15)14-10-6-8(12(16)17)3-4-9(10)13/h3-4,6H,2,5,7H2,1H3,(H,14,15)(H,16,17). The fourth-order valence-corrected chi connectivity index (χ4v) is 1.72. The number of amides is 1. The lowest BCUT2D eigenvalue weighted by atomic mass is 10.2. The Morgan fingerprint density at radius 2 is 2.17 bits per heavy atom. The Bertz CT molecular complexity index is 448. The molecule has 0 fully saturated rings. The smallest absolute Gasteiger partial charge is 0.335 e. The minimum absolute atomic E-state index is 0.0266. The third-order valence-corrected chi connectivity index (χ3v) is 3.01. The first-order chi connectivity index (χ1) is 8.54. The lowest BCUT2D eigenvalue weighted by Gasteiger charge is -2.08. The number of hydrogen-bond donors (Lipinski definition) is 2. The largest absolute Gasteiger partial charge is 0.478 e. The van der Waals surface area contributed by atoms with Gasteiger partial charge in [0.15, 0.2) is 0 Å². The van der Waals surface area contributed by atoms with E-state index in [1.807, 2.05) is 29.5 Å². The van der Waals surface area contributed by atoms with E-state index in [0.717, 1.165) is 9.99 Å². The maximum absolute atomic E-state index is 11.5. The molecule has 0 aliphatic rings. The molecule has 0 aromatic heterocycles. The van der Waals surface area contributed by atoms with E-state index in [4.69, 9.17) is 9.84 Å². The number of anilines is 1. The van der Waals surface area contributed by atoms with Crippen molar-refractivity contribution in [1.29, 1.82) is 0 Å². The van der Waals surface area contributed by atoms with Crippen molar-refractivity contribution in [2.24, 2.45) is 0 Å². The van der Waals surface area contributed by atoms with Gasteiger partial charge in [-0.05, 0) is 47.2 Å². The Balaban J connectivity index is 2.68. The maximum Gasteiger partial charge on any atom is 0.335 e. The molecule has 1 aromatic rings. The first-order valence-electron chi connectivity index (χ1n) is 5.45. The van der Waals surface area contributed by atoms with Crippen LogP contribution in [0.3, 0.4) is 0 Å². The number of benzene rings is 1. The number of hydrogen-bond acceptors (Lipinski definition) is 3. The van der Waals surface area contributed by atoms with Crippen LogP contribution in [-0.2, 0) is 9.53 Å². The second kappa shape index (κ2) is 7.32. The number of nitrogens with one attached hydrogen (secondary N) is 1. The number of carbonyl (C=O) groups is 2. The molecule has 0 aliphatic carbocycles. The molecule has 0 unspecified atom stereocenters. The highest BCUT2D eigenvalue weighted by Gasteiger charge is 2.09. The number of aromatic carboxylic acids is 1. The normalized spacial score (nSPS) is 10.1. The molecule has 6 heteroatoms. The van der Waals surface area contributed by atoms with E-state index in [9.17, 15) is 9.59 Å². The second-order valence-electron chi connectivity index (χ2n) is 3.60. The van der Waals surface area contributed by atoms with Gasteiger partial charge in [-0.1, -0.05) is 6.92 Å². The molecule has 0 saturated heterocycles. The molecule has 0 atom stereocenters. The van der Waals surface area contributed by atoms with Crippen LogP contribution < -0.4 is 5.32 Å². The molecule has 0 radical (unpaired) electrons. The number of ether oxygens (including phenoxy) is 1. The lowest BCUT2D eigenvalue weighted by Crippen LogP contribution is -2.19. The summed E-state index contributed by atoms with van der Waals surface area (Å²) >= 11 is 2.03.